The summed E-state index contributed by atoms with van der Waals surface area (Å²) in [7, 11) is 0. The Morgan fingerprint density at radius 2 is 2.05 bits per heavy atom. The van der Waals surface area contributed by atoms with Crippen molar-refractivity contribution in [2.75, 3.05) is 6.54 Å². The molecule has 3 N–H and O–H groups in total. The highest BCUT2D eigenvalue weighted by Crippen LogP contribution is 2.62. The Bertz CT molecular complexity index is 483. The number of allylic oxidation sites excluding steroid dienone is 2. The maximum Gasteiger partial charge on any atom is 0.433 e. The van der Waals surface area contributed by atoms with Gasteiger partial charge in [0.15, 0.2) is 0 Å². The van der Waals surface area contributed by atoms with Gasteiger partial charge in [-0.3, -0.25) is 10.2 Å². The average Bonchev–Trinajstić information content (AvgIpc) is 2.97. The molecule has 0 aromatic carbocycles. The molecule has 0 saturated heterocycles. The highest BCUT2D eigenvalue weighted by atomic mass is 19.4. The smallest absolute Gasteiger partial charge is 0.433 e. The number of fused-ring (bicyclic) bond motifs is 1. The van der Waals surface area contributed by atoms with Gasteiger partial charge in [0, 0.05) is 11.5 Å². The fourth-order valence-corrected chi connectivity index (χ4v) is 2.31. The summed E-state index contributed by atoms with van der Waals surface area (Å²) in [6.45, 7) is -0.918. The quantitative estimate of drug-likeness (QED) is 0.544. The molecule has 0 spiro atoms. The Balaban J connectivity index is 2.36. The molecule has 0 heterocycles. The number of rotatable bonds is 4. The van der Waals surface area contributed by atoms with Gasteiger partial charge in [-0.2, -0.15) is 22.0 Å². The van der Waals surface area contributed by atoms with Crippen LogP contribution in [0, 0.1) is 17.2 Å². The molecule has 0 aromatic heterocycles. The lowest BCUT2D eigenvalue weighted by Crippen LogP contribution is -2.36. The molecule has 2 atom stereocenters. The van der Waals surface area contributed by atoms with Gasteiger partial charge in [-0.15, -0.1) is 0 Å². The van der Waals surface area contributed by atoms with Gasteiger partial charge in [0.25, 0.3) is 5.92 Å². The van der Waals surface area contributed by atoms with Crippen molar-refractivity contribution in [3.63, 3.8) is 0 Å². The second kappa shape index (κ2) is 3.91. The highest BCUT2D eigenvalue weighted by Gasteiger charge is 2.67. The van der Waals surface area contributed by atoms with Crippen molar-refractivity contribution < 1.29 is 31.9 Å². The van der Waals surface area contributed by atoms with Crippen LogP contribution in [-0.2, 0) is 4.79 Å². The average molecular weight is 284 g/mol. The minimum absolute atomic E-state index is 0.112. The van der Waals surface area contributed by atoms with Gasteiger partial charge in [-0.1, -0.05) is 0 Å². The topological polar surface area (TPSA) is 73.2 Å². The second-order valence-corrected chi connectivity index (χ2v) is 4.48. The molecule has 0 bridgehead atoms. The van der Waals surface area contributed by atoms with Gasteiger partial charge in [0.1, 0.15) is 12.3 Å². The van der Waals surface area contributed by atoms with Crippen LogP contribution in [0.15, 0.2) is 11.3 Å². The second-order valence-electron chi connectivity index (χ2n) is 4.48. The third-order valence-corrected chi connectivity index (χ3v) is 3.20. The minimum Gasteiger partial charge on any atom is -0.480 e. The third-order valence-electron chi connectivity index (χ3n) is 3.20. The first kappa shape index (κ1) is 13.8. The van der Waals surface area contributed by atoms with E-state index in [1.165, 1.54) is 0 Å². The van der Waals surface area contributed by atoms with E-state index >= 15 is 0 Å². The summed E-state index contributed by atoms with van der Waals surface area (Å²) in [4.78, 5) is 10.3. The van der Waals surface area contributed by atoms with Crippen molar-refractivity contribution in [3.05, 3.63) is 11.3 Å². The lowest BCUT2D eigenvalue weighted by molar-refractivity contribution is -0.135. The Hall–Kier alpha value is -1.67. The molecular weight excluding hydrogens is 275 g/mol. The first-order valence-electron chi connectivity index (χ1n) is 5.31. The van der Waals surface area contributed by atoms with E-state index in [0.717, 1.165) is 0 Å². The van der Waals surface area contributed by atoms with Crippen LogP contribution in [0.1, 0.15) is 6.42 Å². The van der Waals surface area contributed by atoms with Crippen LogP contribution in [0.5, 0.6) is 0 Å². The highest BCUT2D eigenvalue weighted by molar-refractivity contribution is 6.04. The molecule has 2 rings (SSSR count). The van der Waals surface area contributed by atoms with E-state index in [2.05, 4.69) is 0 Å². The Morgan fingerprint density at radius 1 is 1.47 bits per heavy atom. The molecule has 2 aliphatic carbocycles. The normalized spacial score (nSPS) is 28.1. The van der Waals surface area contributed by atoms with Crippen molar-refractivity contribution >= 4 is 11.7 Å². The minimum atomic E-state index is -5.03. The number of carboxylic acids is 1. The van der Waals surface area contributed by atoms with E-state index in [0.29, 0.717) is 0 Å². The van der Waals surface area contributed by atoms with Crippen LogP contribution in [0.3, 0.4) is 0 Å². The third kappa shape index (κ3) is 2.17. The molecule has 9 heteroatoms. The zero-order valence-electron chi connectivity index (χ0n) is 9.31. The first-order chi connectivity index (χ1) is 8.56. The van der Waals surface area contributed by atoms with Crippen LogP contribution in [0.4, 0.5) is 22.0 Å². The van der Waals surface area contributed by atoms with Crippen molar-refractivity contribution in [1.82, 2.24) is 5.32 Å². The van der Waals surface area contributed by atoms with Gasteiger partial charge in [0.2, 0.25) is 0 Å². The molecule has 0 amide bonds. The van der Waals surface area contributed by atoms with Crippen LogP contribution in [-0.4, -0.2) is 35.4 Å². The summed E-state index contributed by atoms with van der Waals surface area (Å²) in [5.41, 5.74) is -3.70. The van der Waals surface area contributed by atoms with Crippen molar-refractivity contribution in [2.24, 2.45) is 11.8 Å². The molecular formula is C10H9F5N2O2. The lowest BCUT2D eigenvalue weighted by Gasteiger charge is -2.20. The maximum atomic E-state index is 13.7. The van der Waals surface area contributed by atoms with E-state index < -0.39 is 53.4 Å². The molecule has 1 fully saturated rings. The molecule has 0 aromatic rings. The number of halogens is 5. The number of alkyl halides is 5. The molecule has 2 aliphatic rings. The Morgan fingerprint density at radius 3 is 2.53 bits per heavy atom. The van der Waals surface area contributed by atoms with E-state index in [1.807, 2.05) is 5.32 Å². The van der Waals surface area contributed by atoms with E-state index in [4.69, 9.17) is 10.5 Å². The maximum absolute atomic E-state index is 13.7. The van der Waals surface area contributed by atoms with Crippen molar-refractivity contribution in [1.29, 1.82) is 5.41 Å². The molecule has 19 heavy (non-hydrogen) atoms. The zero-order chi connectivity index (χ0) is 14.6. The monoisotopic (exact) mass is 284 g/mol. The number of hydrogen-bond donors (Lipinski definition) is 3. The number of nitrogens with one attached hydrogen (secondary N) is 2. The molecule has 4 nitrogen and oxygen atoms in total. The van der Waals surface area contributed by atoms with Gasteiger partial charge in [-0.25, -0.2) is 0 Å². The van der Waals surface area contributed by atoms with Gasteiger partial charge < -0.3 is 10.4 Å². The standard InChI is InChI=1S/C10H9F5N2O2/c11-9(12)4-1-3(4)6(7(16)10(13,14)15)8(9)17-2-5(18)19/h3-4,16-17H,1-2H2,(H,18,19). The van der Waals surface area contributed by atoms with Crippen LogP contribution in [0.25, 0.3) is 0 Å². The zero-order valence-corrected chi connectivity index (χ0v) is 9.31. The fraction of sp³-hybridized carbons (Fsp3) is 0.600. The molecule has 2 unspecified atom stereocenters. The summed E-state index contributed by atoms with van der Waals surface area (Å²) in [5, 5.41) is 17.2. The van der Waals surface area contributed by atoms with Crippen LogP contribution in [0.2, 0.25) is 0 Å². The van der Waals surface area contributed by atoms with Crippen LogP contribution >= 0.6 is 0 Å². The largest absolute Gasteiger partial charge is 0.480 e. The van der Waals surface area contributed by atoms with E-state index in [-0.39, 0.29) is 6.42 Å². The van der Waals surface area contributed by atoms with E-state index in [1.54, 1.807) is 0 Å². The summed E-state index contributed by atoms with van der Waals surface area (Å²) in [6, 6.07) is 0. The fourth-order valence-electron chi connectivity index (χ4n) is 2.31. The first-order valence-corrected chi connectivity index (χ1v) is 5.31. The SMILES string of the molecule is N=C(C1=C(NCC(=O)O)C(F)(F)C2CC12)C(F)(F)F. The van der Waals surface area contributed by atoms with Crippen molar-refractivity contribution in [2.45, 2.75) is 18.5 Å². The Kier molecular flexibility index (Phi) is 2.83. The van der Waals surface area contributed by atoms with Gasteiger partial charge >= 0.3 is 12.1 Å². The number of aliphatic carboxylic acids is 1. The predicted octanol–water partition coefficient (Wildman–Crippen LogP) is 1.78. The van der Waals surface area contributed by atoms with Gasteiger partial charge in [0.05, 0.1) is 5.70 Å². The lowest BCUT2D eigenvalue weighted by atomic mass is 10.0. The number of hydrogen-bond acceptors (Lipinski definition) is 3. The molecule has 0 aliphatic heterocycles. The summed E-state index contributed by atoms with van der Waals surface area (Å²) < 4.78 is 64.8. The Labute approximate surface area is 103 Å². The van der Waals surface area contributed by atoms with Gasteiger partial charge in [-0.05, 0) is 12.3 Å². The molecule has 0 radical (unpaired) electrons. The van der Waals surface area contributed by atoms with Crippen molar-refractivity contribution in [3.8, 4) is 0 Å². The molecule has 106 valence electrons. The predicted molar refractivity (Wildman–Crippen MR) is 53.0 cm³/mol. The number of carbonyl (C=O) groups is 1. The molecule has 1 saturated carbocycles. The van der Waals surface area contributed by atoms with E-state index in [9.17, 15) is 26.7 Å². The summed E-state index contributed by atoms with van der Waals surface area (Å²) in [6.07, 6.45) is -5.14. The summed E-state index contributed by atoms with van der Waals surface area (Å²) in [5.74, 6) is -7.28. The summed E-state index contributed by atoms with van der Waals surface area (Å²) >= 11 is 0. The number of carboxylic acid groups (broad SMARTS) is 1. The van der Waals surface area contributed by atoms with Crippen LogP contribution < -0.4 is 5.32 Å².